The molecule has 0 radical (unpaired) electrons. The second-order valence-corrected chi connectivity index (χ2v) is 7.30. The summed E-state index contributed by atoms with van der Waals surface area (Å²) >= 11 is 0. The third-order valence-corrected chi connectivity index (χ3v) is 5.63. The summed E-state index contributed by atoms with van der Waals surface area (Å²) in [6.07, 6.45) is 7.46. The highest BCUT2D eigenvalue weighted by Crippen LogP contribution is 2.43. The van der Waals surface area contributed by atoms with Crippen molar-refractivity contribution in [3.05, 3.63) is 42.1 Å². The van der Waals surface area contributed by atoms with Gasteiger partial charge in [-0.05, 0) is 50.2 Å². The lowest BCUT2D eigenvalue weighted by molar-refractivity contribution is 0.102. The summed E-state index contributed by atoms with van der Waals surface area (Å²) < 4.78 is 5.44. The van der Waals surface area contributed by atoms with Crippen LogP contribution in [-0.4, -0.2) is 23.5 Å². The zero-order valence-electron chi connectivity index (χ0n) is 13.6. The first-order chi connectivity index (χ1) is 11.8. The number of para-hydroxylation sites is 2. The zero-order chi connectivity index (χ0) is 16.1. The minimum Gasteiger partial charge on any atom is -0.447 e. The highest BCUT2D eigenvalue weighted by Gasteiger charge is 2.39. The Labute approximate surface area is 141 Å². The minimum absolute atomic E-state index is 0.164. The predicted molar refractivity (Wildman–Crippen MR) is 91.3 cm³/mol. The molecule has 2 bridgehead atoms. The topological polar surface area (TPSA) is 58.4 Å². The van der Waals surface area contributed by atoms with Gasteiger partial charge in [0.05, 0.1) is 11.4 Å². The summed E-state index contributed by atoms with van der Waals surface area (Å²) in [5.41, 5.74) is 2.45. The third-order valence-electron chi connectivity index (χ3n) is 5.63. The summed E-state index contributed by atoms with van der Waals surface area (Å²) in [5, 5.41) is 3.07. The zero-order valence-corrected chi connectivity index (χ0v) is 13.6. The van der Waals surface area contributed by atoms with Crippen LogP contribution < -0.4 is 10.2 Å². The number of rotatable bonds is 4. The van der Waals surface area contributed by atoms with Crippen LogP contribution in [0.4, 0.5) is 11.4 Å². The number of carbonyl (C=O) groups is 1. The molecule has 5 heteroatoms. The van der Waals surface area contributed by atoms with Crippen LogP contribution >= 0.6 is 0 Å². The van der Waals surface area contributed by atoms with Crippen LogP contribution in [0.15, 0.2) is 35.1 Å². The highest BCUT2D eigenvalue weighted by molar-refractivity contribution is 6.05. The minimum atomic E-state index is -0.164. The maximum absolute atomic E-state index is 12.7. The molecule has 24 heavy (non-hydrogen) atoms. The third kappa shape index (κ3) is 2.30. The number of amides is 1. The standard InChI is InChI=1S/C19H21N3O2/c23-19(17-18(13-6-7-13)24-11-20-17)21-15-3-1-2-4-16(15)22-10-12-5-8-14(22)9-12/h1-4,11-14H,5-10H2,(H,21,23). The van der Waals surface area contributed by atoms with E-state index in [1.54, 1.807) is 0 Å². The molecular weight excluding hydrogens is 302 g/mol. The Bertz CT molecular complexity index is 780. The van der Waals surface area contributed by atoms with Gasteiger partial charge in [0.2, 0.25) is 0 Å². The Morgan fingerprint density at radius 3 is 2.83 bits per heavy atom. The maximum atomic E-state index is 12.7. The predicted octanol–water partition coefficient (Wildman–Crippen LogP) is 3.79. The van der Waals surface area contributed by atoms with Gasteiger partial charge in [-0.3, -0.25) is 4.79 Å². The summed E-state index contributed by atoms with van der Waals surface area (Å²) in [6.45, 7) is 1.11. The Morgan fingerprint density at radius 1 is 1.21 bits per heavy atom. The van der Waals surface area contributed by atoms with Crippen molar-refractivity contribution in [2.45, 2.75) is 44.1 Å². The van der Waals surface area contributed by atoms with Crippen molar-refractivity contribution in [1.29, 1.82) is 0 Å². The average Bonchev–Trinajstić information content (AvgIpc) is 3.02. The first-order valence-electron chi connectivity index (χ1n) is 8.90. The van der Waals surface area contributed by atoms with E-state index < -0.39 is 0 Å². The fourth-order valence-electron chi connectivity index (χ4n) is 4.29. The molecule has 2 aliphatic carbocycles. The van der Waals surface area contributed by atoms with Gasteiger partial charge in [-0.15, -0.1) is 0 Å². The molecule has 2 heterocycles. The van der Waals surface area contributed by atoms with E-state index in [2.05, 4.69) is 21.3 Å². The molecule has 1 amide bonds. The average molecular weight is 323 g/mol. The SMILES string of the molecule is O=C(Nc1ccccc1N1CC2CCC1C2)c1ncoc1C1CC1. The van der Waals surface area contributed by atoms with Gasteiger partial charge in [0.15, 0.2) is 12.1 Å². The molecule has 2 aromatic rings. The van der Waals surface area contributed by atoms with Crippen molar-refractivity contribution in [3.8, 4) is 0 Å². The normalized spacial score (nSPS) is 25.2. The highest BCUT2D eigenvalue weighted by atomic mass is 16.3. The molecule has 1 aromatic heterocycles. The second-order valence-electron chi connectivity index (χ2n) is 7.30. The summed E-state index contributed by atoms with van der Waals surface area (Å²) in [4.78, 5) is 19.3. The number of anilines is 2. The lowest BCUT2D eigenvalue weighted by Gasteiger charge is -2.30. The number of hydrogen-bond donors (Lipinski definition) is 1. The summed E-state index contributed by atoms with van der Waals surface area (Å²) in [5.74, 6) is 1.77. The molecule has 1 aromatic carbocycles. The van der Waals surface area contributed by atoms with Crippen LogP contribution in [0.2, 0.25) is 0 Å². The molecule has 3 fully saturated rings. The van der Waals surface area contributed by atoms with Gasteiger partial charge in [-0.2, -0.15) is 0 Å². The molecule has 1 saturated heterocycles. The maximum Gasteiger partial charge on any atom is 0.277 e. The van der Waals surface area contributed by atoms with Crippen LogP contribution in [-0.2, 0) is 0 Å². The van der Waals surface area contributed by atoms with Gasteiger partial charge >= 0.3 is 0 Å². The quantitative estimate of drug-likeness (QED) is 0.930. The van der Waals surface area contributed by atoms with Gasteiger partial charge in [0, 0.05) is 18.5 Å². The Kier molecular flexibility index (Phi) is 3.15. The number of nitrogens with one attached hydrogen (secondary N) is 1. The fraction of sp³-hybridized carbons (Fsp3) is 0.474. The van der Waals surface area contributed by atoms with E-state index in [1.165, 1.54) is 25.7 Å². The lowest BCUT2D eigenvalue weighted by Crippen LogP contribution is -2.32. The van der Waals surface area contributed by atoms with Crippen LogP contribution in [0.3, 0.4) is 0 Å². The van der Waals surface area contributed by atoms with E-state index in [-0.39, 0.29) is 5.91 Å². The van der Waals surface area contributed by atoms with Crippen LogP contribution in [0, 0.1) is 5.92 Å². The van der Waals surface area contributed by atoms with E-state index in [1.807, 2.05) is 18.2 Å². The Morgan fingerprint density at radius 2 is 2.08 bits per heavy atom. The molecule has 5 rings (SSSR count). The first kappa shape index (κ1) is 14.1. The number of benzene rings is 1. The van der Waals surface area contributed by atoms with Crippen molar-refractivity contribution < 1.29 is 9.21 Å². The molecule has 1 N–H and O–H groups in total. The molecule has 2 saturated carbocycles. The number of aromatic nitrogens is 1. The van der Waals surface area contributed by atoms with E-state index in [0.29, 0.717) is 17.7 Å². The summed E-state index contributed by atoms with van der Waals surface area (Å²) in [6, 6.07) is 8.74. The largest absolute Gasteiger partial charge is 0.447 e. The molecule has 0 spiro atoms. The molecule has 1 aliphatic heterocycles. The molecule has 3 aliphatic rings. The second kappa shape index (κ2) is 5.36. The summed E-state index contributed by atoms with van der Waals surface area (Å²) in [7, 11) is 0. The van der Waals surface area contributed by atoms with Gasteiger partial charge < -0.3 is 14.6 Å². The monoisotopic (exact) mass is 323 g/mol. The van der Waals surface area contributed by atoms with Crippen molar-refractivity contribution in [1.82, 2.24) is 4.98 Å². The van der Waals surface area contributed by atoms with Crippen molar-refractivity contribution in [2.24, 2.45) is 5.92 Å². The molecule has 124 valence electrons. The Balaban J connectivity index is 1.41. The molecular formula is C19H21N3O2. The van der Waals surface area contributed by atoms with E-state index in [4.69, 9.17) is 4.42 Å². The smallest absolute Gasteiger partial charge is 0.277 e. The van der Waals surface area contributed by atoms with E-state index >= 15 is 0 Å². The van der Waals surface area contributed by atoms with E-state index in [9.17, 15) is 4.79 Å². The number of nitrogens with zero attached hydrogens (tertiary/aromatic N) is 2. The van der Waals surface area contributed by atoms with Gasteiger partial charge in [0.1, 0.15) is 5.76 Å². The molecule has 5 nitrogen and oxygen atoms in total. The molecule has 2 unspecified atom stereocenters. The number of piperidine rings is 1. The number of carbonyl (C=O) groups excluding carboxylic acids is 1. The van der Waals surface area contributed by atoms with Crippen LogP contribution in [0.5, 0.6) is 0 Å². The number of fused-ring (bicyclic) bond motifs is 2. The van der Waals surface area contributed by atoms with E-state index in [0.717, 1.165) is 42.4 Å². The van der Waals surface area contributed by atoms with Gasteiger partial charge in [0.25, 0.3) is 5.91 Å². The van der Waals surface area contributed by atoms with Crippen molar-refractivity contribution in [2.75, 3.05) is 16.8 Å². The van der Waals surface area contributed by atoms with Gasteiger partial charge in [-0.25, -0.2) is 4.98 Å². The lowest BCUT2D eigenvalue weighted by atomic mass is 10.1. The van der Waals surface area contributed by atoms with Crippen LogP contribution in [0.1, 0.15) is 54.3 Å². The van der Waals surface area contributed by atoms with Crippen LogP contribution in [0.25, 0.3) is 0 Å². The van der Waals surface area contributed by atoms with Crippen molar-refractivity contribution >= 4 is 17.3 Å². The first-order valence-corrected chi connectivity index (χ1v) is 8.90. The van der Waals surface area contributed by atoms with Crippen molar-refractivity contribution in [3.63, 3.8) is 0 Å². The van der Waals surface area contributed by atoms with Gasteiger partial charge in [-0.1, -0.05) is 12.1 Å². The molecule has 2 atom stereocenters. The number of hydrogen-bond acceptors (Lipinski definition) is 4. The fourth-order valence-corrected chi connectivity index (χ4v) is 4.29. The number of oxazole rings is 1. The Hall–Kier alpha value is -2.30.